The average Bonchev–Trinajstić information content (AvgIpc) is 2.36. The van der Waals surface area contributed by atoms with Crippen LogP contribution in [0, 0.1) is 27.4 Å². The number of ether oxygens (including phenoxy) is 1. The molecule has 0 saturated heterocycles. The Bertz CT molecular complexity index is 466. The van der Waals surface area contributed by atoms with E-state index in [2.05, 4.69) is 6.92 Å². The van der Waals surface area contributed by atoms with Crippen LogP contribution in [0.3, 0.4) is 0 Å². The first kappa shape index (κ1) is 14.0. The van der Waals surface area contributed by atoms with Crippen molar-refractivity contribution in [3.63, 3.8) is 0 Å². The second-order valence-corrected chi connectivity index (χ2v) is 4.26. The maximum Gasteiger partial charge on any atom is 0.312 e. The molecule has 0 saturated carbocycles. The molecule has 0 aromatic heterocycles. The van der Waals surface area contributed by atoms with Crippen LogP contribution in [-0.4, -0.2) is 11.5 Å². The van der Waals surface area contributed by atoms with Gasteiger partial charge in [-0.25, -0.2) is 0 Å². The normalized spacial score (nSPS) is 11.6. The number of nitrogens with zero attached hydrogens (tertiary/aromatic N) is 2. The van der Waals surface area contributed by atoms with E-state index in [4.69, 9.17) is 10.00 Å². The van der Waals surface area contributed by atoms with Crippen LogP contribution in [-0.2, 0) is 0 Å². The van der Waals surface area contributed by atoms with Gasteiger partial charge in [0.15, 0.2) is 5.75 Å². The molecule has 5 heteroatoms. The van der Waals surface area contributed by atoms with Gasteiger partial charge in [-0.05, 0) is 24.5 Å². The summed E-state index contributed by atoms with van der Waals surface area (Å²) >= 11 is 0. The molecule has 0 fully saturated rings. The molecule has 0 spiro atoms. The van der Waals surface area contributed by atoms with E-state index in [0.717, 1.165) is 12.8 Å². The summed E-state index contributed by atoms with van der Waals surface area (Å²) in [6.07, 6.45) is 2.07. The van der Waals surface area contributed by atoms with Crippen LogP contribution in [0.4, 0.5) is 5.69 Å². The van der Waals surface area contributed by atoms with Crippen LogP contribution in [0.2, 0.25) is 0 Å². The van der Waals surface area contributed by atoms with Crippen molar-refractivity contribution in [1.29, 1.82) is 5.26 Å². The molecule has 0 aliphatic rings. The van der Waals surface area contributed by atoms with Crippen LogP contribution in [0.25, 0.3) is 0 Å². The highest BCUT2D eigenvalue weighted by molar-refractivity contribution is 5.51. The fourth-order valence-electron chi connectivity index (χ4n) is 1.66. The van der Waals surface area contributed by atoms with Gasteiger partial charge < -0.3 is 4.74 Å². The van der Waals surface area contributed by atoms with Crippen LogP contribution in [0.5, 0.6) is 5.75 Å². The van der Waals surface area contributed by atoms with E-state index in [0.29, 0.717) is 12.5 Å². The molecule has 1 atom stereocenters. The number of rotatable bonds is 6. The maximum atomic E-state index is 10.9. The number of benzene rings is 1. The predicted molar refractivity (Wildman–Crippen MR) is 67.4 cm³/mol. The Morgan fingerprint density at radius 1 is 1.56 bits per heavy atom. The van der Waals surface area contributed by atoms with Gasteiger partial charge >= 0.3 is 5.69 Å². The molecule has 1 unspecified atom stereocenters. The first-order valence-electron chi connectivity index (χ1n) is 5.89. The van der Waals surface area contributed by atoms with Crippen molar-refractivity contribution in [3.05, 3.63) is 33.9 Å². The molecule has 5 nitrogen and oxygen atoms in total. The van der Waals surface area contributed by atoms with Gasteiger partial charge in [0.25, 0.3) is 0 Å². The minimum atomic E-state index is -0.527. The van der Waals surface area contributed by atoms with Gasteiger partial charge in [0.05, 0.1) is 23.2 Å². The summed E-state index contributed by atoms with van der Waals surface area (Å²) in [5.74, 6) is 0.576. The summed E-state index contributed by atoms with van der Waals surface area (Å²) in [6.45, 7) is 4.57. The largest absolute Gasteiger partial charge is 0.487 e. The third-order valence-corrected chi connectivity index (χ3v) is 2.59. The Morgan fingerprint density at radius 3 is 2.83 bits per heavy atom. The Hall–Kier alpha value is -2.09. The van der Waals surface area contributed by atoms with E-state index in [1.807, 2.05) is 13.0 Å². The SMILES string of the molecule is CCCC(C)COc1ccc(C#N)cc1[N+](=O)[O-]. The zero-order chi connectivity index (χ0) is 13.5. The Morgan fingerprint density at radius 2 is 2.28 bits per heavy atom. The van der Waals surface area contributed by atoms with Crippen LogP contribution in [0.15, 0.2) is 18.2 Å². The third kappa shape index (κ3) is 3.74. The molecule has 0 bridgehead atoms. The lowest BCUT2D eigenvalue weighted by molar-refractivity contribution is -0.385. The first-order valence-corrected chi connectivity index (χ1v) is 5.89. The second kappa shape index (κ2) is 6.60. The number of nitro groups is 1. The maximum absolute atomic E-state index is 10.9. The third-order valence-electron chi connectivity index (χ3n) is 2.59. The molecule has 1 aromatic carbocycles. The van der Waals surface area contributed by atoms with Crippen molar-refractivity contribution in [3.8, 4) is 11.8 Å². The van der Waals surface area contributed by atoms with Crippen molar-refractivity contribution in [2.75, 3.05) is 6.61 Å². The van der Waals surface area contributed by atoms with Crippen molar-refractivity contribution in [2.24, 2.45) is 5.92 Å². The van der Waals surface area contributed by atoms with Crippen LogP contribution >= 0.6 is 0 Å². The van der Waals surface area contributed by atoms with Gasteiger partial charge in [0, 0.05) is 6.07 Å². The minimum Gasteiger partial charge on any atom is -0.487 e. The fraction of sp³-hybridized carbons (Fsp3) is 0.462. The molecule has 0 radical (unpaired) electrons. The molecule has 0 heterocycles. The second-order valence-electron chi connectivity index (χ2n) is 4.26. The number of hydrogen-bond donors (Lipinski definition) is 0. The molecule has 18 heavy (non-hydrogen) atoms. The summed E-state index contributed by atoms with van der Waals surface area (Å²) in [7, 11) is 0. The van der Waals surface area contributed by atoms with Gasteiger partial charge in [-0.15, -0.1) is 0 Å². The van der Waals surface area contributed by atoms with Crippen molar-refractivity contribution >= 4 is 5.69 Å². The Balaban J connectivity index is 2.82. The molecule has 0 aliphatic heterocycles. The van der Waals surface area contributed by atoms with Gasteiger partial charge in [-0.2, -0.15) is 5.26 Å². The molecule has 0 aliphatic carbocycles. The summed E-state index contributed by atoms with van der Waals surface area (Å²) in [4.78, 5) is 10.3. The number of nitriles is 1. The topological polar surface area (TPSA) is 76.2 Å². The molecule has 96 valence electrons. The van der Waals surface area contributed by atoms with E-state index in [1.54, 1.807) is 0 Å². The summed E-state index contributed by atoms with van der Waals surface area (Å²) in [6, 6.07) is 6.11. The Kier molecular flexibility index (Phi) is 5.12. The Labute approximate surface area is 106 Å². The molecule has 0 amide bonds. The standard InChI is InChI=1S/C13H16N2O3/c1-3-4-10(2)9-18-13-6-5-11(8-14)7-12(13)15(16)17/h5-7,10H,3-4,9H2,1-2H3. The van der Waals surface area contributed by atoms with Gasteiger partial charge in [-0.3, -0.25) is 10.1 Å². The monoisotopic (exact) mass is 248 g/mol. The van der Waals surface area contributed by atoms with Gasteiger partial charge in [-0.1, -0.05) is 20.3 Å². The lowest BCUT2D eigenvalue weighted by Crippen LogP contribution is -2.09. The van der Waals surface area contributed by atoms with Crippen molar-refractivity contribution < 1.29 is 9.66 Å². The average molecular weight is 248 g/mol. The minimum absolute atomic E-state index is 0.155. The highest BCUT2D eigenvalue weighted by atomic mass is 16.6. The van der Waals surface area contributed by atoms with E-state index in [9.17, 15) is 10.1 Å². The van der Waals surface area contributed by atoms with Crippen molar-refractivity contribution in [1.82, 2.24) is 0 Å². The smallest absolute Gasteiger partial charge is 0.312 e. The fourth-order valence-corrected chi connectivity index (χ4v) is 1.66. The zero-order valence-corrected chi connectivity index (χ0v) is 10.5. The van der Waals surface area contributed by atoms with E-state index < -0.39 is 4.92 Å². The zero-order valence-electron chi connectivity index (χ0n) is 10.5. The highest BCUT2D eigenvalue weighted by Gasteiger charge is 2.16. The number of nitro benzene ring substituents is 1. The quantitative estimate of drug-likeness (QED) is 0.571. The molecule has 1 aromatic rings. The molecule has 1 rings (SSSR count). The highest BCUT2D eigenvalue weighted by Crippen LogP contribution is 2.28. The summed E-state index contributed by atoms with van der Waals surface area (Å²) < 4.78 is 5.46. The van der Waals surface area contributed by atoms with Crippen molar-refractivity contribution in [2.45, 2.75) is 26.7 Å². The lowest BCUT2D eigenvalue weighted by atomic mass is 10.1. The summed E-state index contributed by atoms with van der Waals surface area (Å²) in [5, 5.41) is 19.6. The molecular formula is C13H16N2O3. The van der Waals surface area contributed by atoms with E-state index in [-0.39, 0.29) is 17.0 Å². The van der Waals surface area contributed by atoms with E-state index >= 15 is 0 Å². The first-order chi connectivity index (χ1) is 8.58. The van der Waals surface area contributed by atoms with Gasteiger partial charge in [0.1, 0.15) is 0 Å². The predicted octanol–water partition coefficient (Wildman–Crippen LogP) is 3.28. The van der Waals surface area contributed by atoms with E-state index in [1.165, 1.54) is 18.2 Å². The van der Waals surface area contributed by atoms with Crippen LogP contribution < -0.4 is 4.74 Å². The van der Waals surface area contributed by atoms with Crippen LogP contribution in [0.1, 0.15) is 32.3 Å². The lowest BCUT2D eigenvalue weighted by Gasteiger charge is -2.12. The summed E-state index contributed by atoms with van der Waals surface area (Å²) in [5.41, 5.74) is 0.105. The molecular weight excluding hydrogens is 232 g/mol. The van der Waals surface area contributed by atoms with Gasteiger partial charge in [0.2, 0.25) is 0 Å². The molecule has 0 N–H and O–H groups in total. The number of hydrogen-bond acceptors (Lipinski definition) is 4.